The van der Waals surface area contributed by atoms with Crippen molar-refractivity contribution in [2.45, 2.75) is 19.1 Å². The molecule has 0 saturated carbocycles. The van der Waals surface area contributed by atoms with Crippen molar-refractivity contribution < 1.29 is 9.26 Å². The lowest BCUT2D eigenvalue weighted by molar-refractivity contribution is 0.00755. The molecule has 14 heavy (non-hydrogen) atoms. The molecule has 1 fully saturated rings. The minimum atomic E-state index is -0.205. The van der Waals surface area contributed by atoms with Crippen LogP contribution < -0.4 is 11.1 Å². The molecule has 0 amide bonds. The third kappa shape index (κ3) is 1.92. The minimum absolute atomic E-state index is 0.135. The molecule has 1 saturated heterocycles. The van der Waals surface area contributed by atoms with Gasteiger partial charge in [0.2, 0.25) is 0 Å². The van der Waals surface area contributed by atoms with Gasteiger partial charge >= 0.3 is 0 Å². The number of aromatic nitrogens is 2. The van der Waals surface area contributed by atoms with E-state index >= 15 is 0 Å². The molecule has 0 aliphatic carbocycles. The summed E-state index contributed by atoms with van der Waals surface area (Å²) >= 11 is 0. The minimum Gasteiger partial charge on any atom is -0.366 e. The van der Waals surface area contributed by atoms with Crippen LogP contribution in [0.5, 0.6) is 0 Å². The zero-order chi connectivity index (χ0) is 9.97. The van der Waals surface area contributed by atoms with E-state index in [-0.39, 0.29) is 12.1 Å². The van der Waals surface area contributed by atoms with Crippen molar-refractivity contribution in [3.05, 3.63) is 11.7 Å². The van der Waals surface area contributed by atoms with Gasteiger partial charge < -0.3 is 20.3 Å². The van der Waals surface area contributed by atoms with E-state index in [0.717, 1.165) is 6.54 Å². The summed E-state index contributed by atoms with van der Waals surface area (Å²) in [5.74, 6) is 1.03. The topological polar surface area (TPSA) is 86.2 Å². The second-order valence-corrected chi connectivity index (χ2v) is 3.34. The predicted octanol–water partition coefficient (Wildman–Crippen LogP) is -0.250. The van der Waals surface area contributed by atoms with Gasteiger partial charge in [-0.1, -0.05) is 5.16 Å². The molecule has 78 valence electrons. The number of hydrogen-bond acceptors (Lipinski definition) is 6. The number of ether oxygens (including phenoxy) is 1. The van der Waals surface area contributed by atoms with E-state index in [1.807, 2.05) is 6.92 Å². The average molecular weight is 198 g/mol. The molecular formula is C8H14N4O2. The van der Waals surface area contributed by atoms with E-state index in [0.29, 0.717) is 24.9 Å². The van der Waals surface area contributed by atoms with Crippen LogP contribution >= 0.6 is 0 Å². The number of rotatable bonds is 2. The molecule has 6 nitrogen and oxygen atoms in total. The van der Waals surface area contributed by atoms with Crippen molar-refractivity contribution in [3.8, 4) is 0 Å². The van der Waals surface area contributed by atoms with E-state index in [1.165, 1.54) is 0 Å². The first kappa shape index (κ1) is 9.57. The van der Waals surface area contributed by atoms with Gasteiger partial charge in [-0.25, -0.2) is 0 Å². The van der Waals surface area contributed by atoms with Crippen molar-refractivity contribution >= 4 is 0 Å². The molecular weight excluding hydrogens is 184 g/mol. The van der Waals surface area contributed by atoms with Gasteiger partial charge in [0, 0.05) is 13.1 Å². The molecule has 3 N–H and O–H groups in total. The number of hydrogen-bond donors (Lipinski definition) is 2. The van der Waals surface area contributed by atoms with E-state index in [4.69, 9.17) is 15.0 Å². The van der Waals surface area contributed by atoms with Crippen LogP contribution in [0, 0.1) is 0 Å². The van der Waals surface area contributed by atoms with Crippen molar-refractivity contribution in [1.82, 2.24) is 15.5 Å². The van der Waals surface area contributed by atoms with Crippen molar-refractivity contribution in [2.75, 3.05) is 19.7 Å². The first-order valence-corrected chi connectivity index (χ1v) is 4.69. The van der Waals surface area contributed by atoms with E-state index in [2.05, 4.69) is 15.5 Å². The highest BCUT2D eigenvalue weighted by Crippen LogP contribution is 2.17. The molecule has 0 bridgehead atoms. The maximum absolute atomic E-state index is 5.62. The first-order valence-electron chi connectivity index (χ1n) is 4.69. The number of nitrogens with zero attached hydrogens (tertiary/aromatic N) is 2. The molecule has 6 heteroatoms. The largest absolute Gasteiger partial charge is 0.366 e. The van der Waals surface area contributed by atoms with Crippen molar-refractivity contribution in [3.63, 3.8) is 0 Å². The molecule has 1 aliphatic heterocycles. The Morgan fingerprint density at radius 1 is 1.64 bits per heavy atom. The van der Waals surface area contributed by atoms with Gasteiger partial charge in [0.25, 0.3) is 5.89 Å². The number of morpholine rings is 1. The van der Waals surface area contributed by atoms with Crippen molar-refractivity contribution in [1.29, 1.82) is 0 Å². The lowest BCUT2D eigenvalue weighted by atomic mass is 10.3. The summed E-state index contributed by atoms with van der Waals surface area (Å²) in [7, 11) is 0. The molecule has 0 radical (unpaired) electrons. The predicted molar refractivity (Wildman–Crippen MR) is 48.5 cm³/mol. The highest BCUT2D eigenvalue weighted by Gasteiger charge is 2.22. The van der Waals surface area contributed by atoms with Gasteiger partial charge in [-0.3, -0.25) is 0 Å². The average Bonchev–Trinajstić information content (AvgIpc) is 2.68. The fourth-order valence-electron chi connectivity index (χ4n) is 1.29. The van der Waals surface area contributed by atoms with Gasteiger partial charge in [0.05, 0.1) is 12.6 Å². The normalized spacial score (nSPS) is 24.9. The quantitative estimate of drug-likeness (QED) is 0.681. The van der Waals surface area contributed by atoms with Crippen LogP contribution in [0.4, 0.5) is 0 Å². The van der Waals surface area contributed by atoms with Crippen LogP contribution in [0.15, 0.2) is 4.52 Å². The zero-order valence-electron chi connectivity index (χ0n) is 8.06. The Labute approximate surface area is 81.8 Å². The summed E-state index contributed by atoms with van der Waals surface area (Å²) in [6, 6.07) is -0.205. The fourth-order valence-corrected chi connectivity index (χ4v) is 1.29. The smallest absolute Gasteiger partial charge is 0.257 e. The summed E-state index contributed by atoms with van der Waals surface area (Å²) in [5.41, 5.74) is 5.62. The molecule has 1 aromatic heterocycles. The molecule has 2 heterocycles. The van der Waals surface area contributed by atoms with Crippen LogP contribution in [0.1, 0.15) is 30.8 Å². The third-order valence-electron chi connectivity index (χ3n) is 2.07. The monoisotopic (exact) mass is 198 g/mol. The van der Waals surface area contributed by atoms with Crippen LogP contribution in [0.3, 0.4) is 0 Å². The summed E-state index contributed by atoms with van der Waals surface area (Å²) in [5, 5.41) is 6.96. The summed E-state index contributed by atoms with van der Waals surface area (Å²) < 4.78 is 10.5. The molecule has 2 rings (SSSR count). The standard InChI is InChI=1S/C8H14N4O2/c1-5(9)7-11-8(14-12-7)6-4-10-2-3-13-6/h5-6,10H,2-4,9H2,1H3/t5?,6-/m0/s1. The first-order chi connectivity index (χ1) is 6.77. The molecule has 1 aliphatic rings. The highest BCUT2D eigenvalue weighted by atomic mass is 16.5. The van der Waals surface area contributed by atoms with E-state index in [9.17, 15) is 0 Å². The Bertz CT molecular complexity index is 293. The molecule has 1 unspecified atom stereocenters. The Morgan fingerprint density at radius 2 is 2.50 bits per heavy atom. The molecule has 2 atom stereocenters. The number of nitrogens with one attached hydrogen (secondary N) is 1. The second-order valence-electron chi connectivity index (χ2n) is 3.34. The summed E-state index contributed by atoms with van der Waals surface area (Å²) in [4.78, 5) is 4.17. The van der Waals surface area contributed by atoms with Gasteiger partial charge in [-0.05, 0) is 6.92 Å². The van der Waals surface area contributed by atoms with E-state index < -0.39 is 0 Å². The van der Waals surface area contributed by atoms with Gasteiger partial charge in [0.15, 0.2) is 5.82 Å². The Hall–Kier alpha value is -0.980. The lowest BCUT2D eigenvalue weighted by Crippen LogP contribution is -2.33. The summed E-state index contributed by atoms with van der Waals surface area (Å²) in [6.45, 7) is 4.06. The zero-order valence-corrected chi connectivity index (χ0v) is 8.06. The van der Waals surface area contributed by atoms with E-state index in [1.54, 1.807) is 0 Å². The Morgan fingerprint density at radius 3 is 3.07 bits per heavy atom. The van der Waals surface area contributed by atoms with Gasteiger partial charge in [0.1, 0.15) is 6.10 Å². The SMILES string of the molecule is CC(N)c1noc([C@@H]2CNCCO2)n1. The second kappa shape index (κ2) is 4.04. The van der Waals surface area contributed by atoms with Crippen molar-refractivity contribution in [2.24, 2.45) is 5.73 Å². The fraction of sp³-hybridized carbons (Fsp3) is 0.750. The summed E-state index contributed by atoms with van der Waals surface area (Å²) in [6.07, 6.45) is -0.135. The number of nitrogens with two attached hydrogens (primary N) is 1. The van der Waals surface area contributed by atoms with Gasteiger partial charge in [-0.2, -0.15) is 4.98 Å². The van der Waals surface area contributed by atoms with Crippen LogP contribution in [0.2, 0.25) is 0 Å². The molecule has 0 aromatic carbocycles. The Balaban J connectivity index is 2.07. The Kier molecular flexibility index (Phi) is 2.76. The van der Waals surface area contributed by atoms with Crippen LogP contribution in [-0.2, 0) is 4.74 Å². The maximum Gasteiger partial charge on any atom is 0.257 e. The van der Waals surface area contributed by atoms with Gasteiger partial charge in [-0.15, -0.1) is 0 Å². The van der Waals surface area contributed by atoms with Crippen LogP contribution in [-0.4, -0.2) is 29.8 Å². The maximum atomic E-state index is 5.62. The highest BCUT2D eigenvalue weighted by molar-refractivity contribution is 4.95. The molecule has 0 spiro atoms. The van der Waals surface area contributed by atoms with Crippen LogP contribution in [0.25, 0.3) is 0 Å². The third-order valence-corrected chi connectivity index (χ3v) is 2.07. The molecule has 1 aromatic rings. The lowest BCUT2D eigenvalue weighted by Gasteiger charge is -2.19.